The van der Waals surface area contributed by atoms with Crippen molar-refractivity contribution in [2.75, 3.05) is 18.2 Å². The van der Waals surface area contributed by atoms with E-state index in [-0.39, 0.29) is 6.04 Å². The Kier molecular flexibility index (Phi) is 11.9. The van der Waals surface area contributed by atoms with Crippen LogP contribution in [0, 0.1) is 6.92 Å². The van der Waals surface area contributed by atoms with Crippen LogP contribution in [0.3, 0.4) is 0 Å². The molecule has 5 nitrogen and oxygen atoms in total. The van der Waals surface area contributed by atoms with Gasteiger partial charge in [0, 0.05) is 30.4 Å². The number of nitrogens with zero attached hydrogens (tertiary/aromatic N) is 4. The van der Waals surface area contributed by atoms with Crippen LogP contribution >= 0.6 is 11.6 Å². The van der Waals surface area contributed by atoms with Gasteiger partial charge in [-0.05, 0) is 76.6 Å². The van der Waals surface area contributed by atoms with Crippen LogP contribution in [0.25, 0.3) is 0 Å². The van der Waals surface area contributed by atoms with Crippen LogP contribution in [0.5, 0.6) is 0 Å². The smallest absolute Gasteiger partial charge is 0.0867 e. The largest absolute Gasteiger partial charge is 0.352 e. The molecule has 0 bridgehead atoms. The first-order valence-electron chi connectivity index (χ1n) is 12.2. The summed E-state index contributed by atoms with van der Waals surface area (Å²) in [5.74, 6) is 0.451. The zero-order valence-electron chi connectivity index (χ0n) is 22.3. The molecule has 0 spiro atoms. The van der Waals surface area contributed by atoms with Gasteiger partial charge in [-0.3, -0.25) is 9.98 Å². The Bertz CT molecular complexity index is 1140. The van der Waals surface area contributed by atoms with Gasteiger partial charge in [0.2, 0.25) is 0 Å². The lowest BCUT2D eigenvalue weighted by atomic mass is 10.1. The summed E-state index contributed by atoms with van der Waals surface area (Å²) in [7, 11) is 1.99. The van der Waals surface area contributed by atoms with Gasteiger partial charge in [0.1, 0.15) is 0 Å². The van der Waals surface area contributed by atoms with Crippen molar-refractivity contribution in [3.8, 4) is 0 Å². The number of halogens is 1. The van der Waals surface area contributed by atoms with Gasteiger partial charge in [-0.25, -0.2) is 4.99 Å². The van der Waals surface area contributed by atoms with E-state index < -0.39 is 0 Å². The maximum absolute atomic E-state index is 5.88. The van der Waals surface area contributed by atoms with E-state index >= 15 is 0 Å². The summed E-state index contributed by atoms with van der Waals surface area (Å²) in [6.45, 7) is 14.5. The molecule has 0 aromatic carbocycles. The summed E-state index contributed by atoms with van der Waals surface area (Å²) in [6, 6.07) is 4.15. The van der Waals surface area contributed by atoms with E-state index in [2.05, 4.69) is 43.7 Å². The van der Waals surface area contributed by atoms with Crippen molar-refractivity contribution in [3.05, 3.63) is 108 Å². The topological polar surface area (TPSA) is 52.9 Å². The van der Waals surface area contributed by atoms with Gasteiger partial charge in [-0.2, -0.15) is 0 Å². The molecule has 6 heteroatoms. The van der Waals surface area contributed by atoms with Gasteiger partial charge in [-0.1, -0.05) is 37.8 Å². The molecule has 1 aromatic heterocycles. The van der Waals surface area contributed by atoms with Crippen molar-refractivity contribution in [1.29, 1.82) is 0 Å². The average molecular weight is 504 g/mol. The van der Waals surface area contributed by atoms with Crippen LogP contribution < -0.4 is 5.32 Å². The fourth-order valence-corrected chi connectivity index (χ4v) is 3.41. The number of alkyl halides is 1. The number of allylic oxidation sites excluding steroid dienone is 9. The van der Waals surface area contributed by atoms with Gasteiger partial charge in [0.25, 0.3) is 0 Å². The number of aryl methyl sites for hydroxylation is 1. The molecule has 0 amide bonds. The molecular formula is C30H38ClN5. The van der Waals surface area contributed by atoms with Crippen LogP contribution in [0.1, 0.15) is 39.8 Å². The minimum atomic E-state index is 0.160. The lowest BCUT2D eigenvalue weighted by Crippen LogP contribution is -2.19. The zero-order valence-corrected chi connectivity index (χ0v) is 23.0. The van der Waals surface area contributed by atoms with E-state index in [1.807, 2.05) is 92.7 Å². The van der Waals surface area contributed by atoms with Crippen molar-refractivity contribution in [2.45, 2.75) is 47.1 Å². The minimum Gasteiger partial charge on any atom is -0.352 e. The van der Waals surface area contributed by atoms with Gasteiger partial charge >= 0.3 is 0 Å². The molecule has 2 rings (SSSR count). The zero-order chi connectivity index (χ0) is 26.5. The normalized spacial score (nSPS) is 17.1. The molecule has 1 heterocycles. The van der Waals surface area contributed by atoms with E-state index in [9.17, 15) is 0 Å². The number of nitrogens with one attached hydrogen (secondary N) is 1. The Morgan fingerprint density at radius 1 is 1.28 bits per heavy atom. The van der Waals surface area contributed by atoms with Gasteiger partial charge < -0.3 is 10.2 Å². The van der Waals surface area contributed by atoms with Crippen molar-refractivity contribution in [2.24, 2.45) is 9.98 Å². The number of hydrogen-bond acceptors (Lipinski definition) is 5. The summed E-state index contributed by atoms with van der Waals surface area (Å²) in [5.41, 5.74) is 6.96. The number of pyridine rings is 1. The van der Waals surface area contributed by atoms with Crippen molar-refractivity contribution < 1.29 is 0 Å². The molecular weight excluding hydrogens is 466 g/mol. The third-order valence-electron chi connectivity index (χ3n) is 5.14. The molecule has 0 radical (unpaired) electrons. The number of likely N-dealkylation sites (N-methyl/N-ethyl adjacent to an activating group) is 1. The first kappa shape index (κ1) is 28.8. The van der Waals surface area contributed by atoms with Crippen molar-refractivity contribution >= 4 is 28.7 Å². The maximum atomic E-state index is 5.88. The molecule has 190 valence electrons. The third kappa shape index (κ3) is 8.97. The van der Waals surface area contributed by atoms with E-state index in [4.69, 9.17) is 21.6 Å². The SMILES string of the molecule is C=C(/C(=C\C=C/C)N=C1C=CC(=NC(C)C)C(Nc2ccc(C)nc2)=C1)N(C)C(/C=C\CCl)=C/CC. The molecule has 1 aliphatic rings. The highest BCUT2D eigenvalue weighted by molar-refractivity contribution is 6.22. The molecule has 1 aromatic rings. The highest BCUT2D eigenvalue weighted by Gasteiger charge is 2.15. The molecule has 0 unspecified atom stereocenters. The second-order valence-corrected chi connectivity index (χ2v) is 8.84. The summed E-state index contributed by atoms with van der Waals surface area (Å²) in [5, 5.41) is 3.46. The average Bonchev–Trinajstić information content (AvgIpc) is 2.86. The lowest BCUT2D eigenvalue weighted by Gasteiger charge is -2.24. The standard InChI is InChI=1S/C30H38ClN5/c1-8-10-14-28(24(6)36(7)27(12-9-2)13-11-19-31)34-25-17-18-29(33-22(3)4)30(20-25)35-26-16-15-23(5)32-21-26/h8,10-18,20-22,35H,6,9,19H2,1-5,7H3/b10-8-,13-11-,27-12+,28-14+,33-29?,34-25?. The van der Waals surface area contributed by atoms with Crippen LogP contribution in [0.15, 0.2) is 112 Å². The predicted octanol–water partition coefficient (Wildman–Crippen LogP) is 7.54. The highest BCUT2D eigenvalue weighted by atomic mass is 35.5. The monoisotopic (exact) mass is 503 g/mol. The second kappa shape index (κ2) is 14.8. The van der Waals surface area contributed by atoms with E-state index in [1.165, 1.54) is 0 Å². The first-order valence-corrected chi connectivity index (χ1v) is 12.8. The van der Waals surface area contributed by atoms with Crippen LogP contribution in [-0.2, 0) is 0 Å². The second-order valence-electron chi connectivity index (χ2n) is 8.53. The molecule has 0 saturated heterocycles. The van der Waals surface area contributed by atoms with Crippen LogP contribution in [0.2, 0.25) is 0 Å². The summed E-state index contributed by atoms with van der Waals surface area (Å²) in [4.78, 5) is 16.2. The van der Waals surface area contributed by atoms with E-state index in [0.29, 0.717) is 5.88 Å². The Labute approximate surface area is 221 Å². The number of rotatable bonds is 11. The lowest BCUT2D eigenvalue weighted by molar-refractivity contribution is 0.543. The van der Waals surface area contributed by atoms with Crippen LogP contribution in [0.4, 0.5) is 5.69 Å². The molecule has 0 atom stereocenters. The molecule has 1 N–H and O–H groups in total. The minimum absolute atomic E-state index is 0.160. The summed E-state index contributed by atoms with van der Waals surface area (Å²) < 4.78 is 0. The molecule has 0 saturated carbocycles. The fraction of sp³-hybridized carbons (Fsp3) is 0.300. The quantitative estimate of drug-likeness (QED) is 0.193. The first-order chi connectivity index (χ1) is 17.3. The van der Waals surface area contributed by atoms with Gasteiger partial charge in [0.05, 0.1) is 40.4 Å². The fourth-order valence-electron chi connectivity index (χ4n) is 3.33. The molecule has 36 heavy (non-hydrogen) atoms. The Hall–Kier alpha value is -3.44. The van der Waals surface area contributed by atoms with Crippen LogP contribution in [-0.4, -0.2) is 40.3 Å². The summed E-state index contributed by atoms with van der Waals surface area (Å²) >= 11 is 5.88. The van der Waals surface area contributed by atoms with Crippen molar-refractivity contribution in [1.82, 2.24) is 9.88 Å². The summed E-state index contributed by atoms with van der Waals surface area (Å²) in [6.07, 6.45) is 20.7. The maximum Gasteiger partial charge on any atom is 0.0867 e. The third-order valence-corrected chi connectivity index (χ3v) is 5.32. The van der Waals surface area contributed by atoms with Crippen molar-refractivity contribution in [3.63, 3.8) is 0 Å². The Balaban J connectivity index is 2.47. The van der Waals surface area contributed by atoms with Gasteiger partial charge in [-0.15, -0.1) is 11.6 Å². The predicted molar refractivity (Wildman–Crippen MR) is 158 cm³/mol. The molecule has 0 aliphatic heterocycles. The molecule has 1 aliphatic carbocycles. The number of aromatic nitrogens is 1. The van der Waals surface area contributed by atoms with E-state index in [0.717, 1.165) is 52.0 Å². The number of anilines is 1. The van der Waals surface area contributed by atoms with Gasteiger partial charge in [0.15, 0.2) is 0 Å². The molecule has 0 fully saturated rings. The number of aliphatic imine (C=N–C) groups is 2. The number of hydrogen-bond donors (Lipinski definition) is 1. The van der Waals surface area contributed by atoms with E-state index in [1.54, 1.807) is 0 Å². The Morgan fingerprint density at radius 2 is 2.06 bits per heavy atom. The highest BCUT2D eigenvalue weighted by Crippen LogP contribution is 2.22. The Morgan fingerprint density at radius 3 is 2.67 bits per heavy atom.